The second-order valence-electron chi connectivity index (χ2n) is 9.42. The zero-order valence-electron chi connectivity index (χ0n) is 21.9. The molecule has 2 aromatic carbocycles. The Balaban J connectivity index is 2.18. The minimum absolute atomic E-state index is 0.0491. The van der Waals surface area contributed by atoms with E-state index in [1.165, 1.54) is 12.1 Å². The molecule has 2 amide bonds. The molecule has 0 aliphatic carbocycles. The van der Waals surface area contributed by atoms with Gasteiger partial charge in [-0.2, -0.15) is 0 Å². The molecule has 0 bridgehead atoms. The Kier molecular flexibility index (Phi) is 12.2. The zero-order valence-corrected chi connectivity index (χ0v) is 24.2. The maximum Gasteiger partial charge on any atom is 0.242 e. The molecule has 0 spiro atoms. The Hall–Kier alpha value is -2.29. The van der Waals surface area contributed by atoms with Crippen molar-refractivity contribution in [1.29, 1.82) is 0 Å². The van der Waals surface area contributed by atoms with Crippen LogP contribution in [0.4, 0.5) is 5.69 Å². The van der Waals surface area contributed by atoms with Crippen LogP contribution in [0.2, 0.25) is 10.0 Å². The van der Waals surface area contributed by atoms with Crippen LogP contribution in [0.1, 0.15) is 45.6 Å². The number of anilines is 1. The molecule has 2 rings (SSSR count). The van der Waals surface area contributed by atoms with Crippen molar-refractivity contribution in [2.45, 2.75) is 52.5 Å². The largest absolute Gasteiger partial charge is 0.354 e. The van der Waals surface area contributed by atoms with Crippen LogP contribution in [0.3, 0.4) is 0 Å². The minimum atomic E-state index is -3.67. The lowest BCUT2D eigenvalue weighted by molar-refractivity contribution is -0.140. The number of halogens is 2. The van der Waals surface area contributed by atoms with Crippen LogP contribution in [0, 0.1) is 5.92 Å². The fraction of sp³-hybridized carbons (Fsp3) is 0.481. The summed E-state index contributed by atoms with van der Waals surface area (Å²) in [5, 5.41) is 3.55. The average Bonchev–Trinajstić information content (AvgIpc) is 2.84. The summed E-state index contributed by atoms with van der Waals surface area (Å²) < 4.78 is 26.2. The molecule has 2 aromatic rings. The number of carbonyl (C=O) groups is 2. The molecule has 37 heavy (non-hydrogen) atoms. The Labute approximate surface area is 231 Å². The molecule has 0 radical (unpaired) electrons. The van der Waals surface area contributed by atoms with Crippen LogP contribution in [0.5, 0.6) is 0 Å². The third kappa shape index (κ3) is 9.83. The van der Waals surface area contributed by atoms with Gasteiger partial charge in [-0.3, -0.25) is 13.9 Å². The summed E-state index contributed by atoms with van der Waals surface area (Å²) in [6.45, 7) is 6.87. The highest BCUT2D eigenvalue weighted by Gasteiger charge is 2.28. The molecule has 0 saturated carbocycles. The van der Waals surface area contributed by atoms with Crippen molar-refractivity contribution in [3.05, 3.63) is 64.1 Å². The van der Waals surface area contributed by atoms with Crippen LogP contribution in [-0.2, 0) is 26.0 Å². The van der Waals surface area contributed by atoms with Gasteiger partial charge in [0.2, 0.25) is 21.8 Å². The van der Waals surface area contributed by atoms with E-state index in [9.17, 15) is 18.0 Å². The van der Waals surface area contributed by atoms with Crippen molar-refractivity contribution in [3.8, 4) is 0 Å². The number of rotatable bonds is 14. The Bertz CT molecular complexity index is 1140. The van der Waals surface area contributed by atoms with E-state index in [-0.39, 0.29) is 47.8 Å². The Morgan fingerprint density at radius 2 is 1.70 bits per heavy atom. The molecule has 7 nitrogen and oxygen atoms in total. The standard InChI is InChI=1S/C27H37Cl2N3O4S/c1-5-24(27(34)30-19-20(2)3)31(17-15-21-10-7-6-8-11-21)26(33)12-9-16-32(37(4,35)36)25-18-22(28)13-14-23(25)29/h6-8,10-11,13-14,18,20,24H,5,9,12,15-17,19H2,1-4H3,(H,30,34). The van der Waals surface area contributed by atoms with Gasteiger partial charge in [0.25, 0.3) is 0 Å². The predicted octanol–water partition coefficient (Wildman–Crippen LogP) is 5.16. The van der Waals surface area contributed by atoms with Gasteiger partial charge in [0.1, 0.15) is 6.04 Å². The van der Waals surface area contributed by atoms with E-state index in [1.54, 1.807) is 11.0 Å². The number of amides is 2. The predicted molar refractivity (Wildman–Crippen MR) is 152 cm³/mol. The number of benzene rings is 2. The van der Waals surface area contributed by atoms with Crippen molar-refractivity contribution in [3.63, 3.8) is 0 Å². The number of nitrogens with zero attached hydrogens (tertiary/aromatic N) is 2. The van der Waals surface area contributed by atoms with E-state index in [0.29, 0.717) is 31.0 Å². The second-order valence-corrected chi connectivity index (χ2v) is 12.2. The maximum atomic E-state index is 13.4. The molecule has 10 heteroatoms. The summed E-state index contributed by atoms with van der Waals surface area (Å²) in [6, 6.07) is 13.8. The Morgan fingerprint density at radius 3 is 2.30 bits per heavy atom. The van der Waals surface area contributed by atoms with Gasteiger partial charge in [0, 0.05) is 31.1 Å². The van der Waals surface area contributed by atoms with Gasteiger partial charge in [-0.25, -0.2) is 8.42 Å². The highest BCUT2D eigenvalue weighted by atomic mass is 35.5. The summed E-state index contributed by atoms with van der Waals surface area (Å²) >= 11 is 12.3. The lowest BCUT2D eigenvalue weighted by Crippen LogP contribution is -2.50. The van der Waals surface area contributed by atoms with Gasteiger partial charge < -0.3 is 10.2 Å². The van der Waals surface area contributed by atoms with Crippen molar-refractivity contribution in [2.75, 3.05) is 30.2 Å². The fourth-order valence-corrected chi connectivity index (χ4v) is 5.38. The molecular formula is C27H37Cl2N3O4S. The first-order chi connectivity index (χ1) is 17.4. The number of nitrogens with one attached hydrogen (secondary N) is 1. The van der Waals surface area contributed by atoms with E-state index in [4.69, 9.17) is 23.2 Å². The van der Waals surface area contributed by atoms with Crippen LogP contribution >= 0.6 is 23.2 Å². The summed E-state index contributed by atoms with van der Waals surface area (Å²) in [7, 11) is -3.67. The monoisotopic (exact) mass is 569 g/mol. The van der Waals surface area contributed by atoms with E-state index in [2.05, 4.69) is 5.32 Å². The van der Waals surface area contributed by atoms with Crippen LogP contribution in [0.25, 0.3) is 0 Å². The first-order valence-corrected chi connectivity index (χ1v) is 15.1. The molecule has 204 valence electrons. The highest BCUT2D eigenvalue weighted by Crippen LogP contribution is 2.31. The molecule has 0 aliphatic heterocycles. The van der Waals surface area contributed by atoms with Crippen molar-refractivity contribution < 1.29 is 18.0 Å². The number of sulfonamides is 1. The third-order valence-electron chi connectivity index (χ3n) is 5.88. The summed E-state index contributed by atoms with van der Waals surface area (Å²) in [6.07, 6.45) is 2.49. The first-order valence-electron chi connectivity index (χ1n) is 12.5. The van der Waals surface area contributed by atoms with Gasteiger partial charge in [-0.05, 0) is 48.9 Å². The van der Waals surface area contributed by atoms with Crippen molar-refractivity contribution in [2.24, 2.45) is 5.92 Å². The first kappa shape index (κ1) is 30.9. The fourth-order valence-electron chi connectivity index (χ4n) is 3.98. The van der Waals surface area contributed by atoms with Gasteiger partial charge in [0.15, 0.2) is 0 Å². The minimum Gasteiger partial charge on any atom is -0.354 e. The molecule has 0 saturated heterocycles. The van der Waals surface area contributed by atoms with Crippen molar-refractivity contribution in [1.82, 2.24) is 10.2 Å². The van der Waals surface area contributed by atoms with Crippen molar-refractivity contribution >= 4 is 50.7 Å². The Morgan fingerprint density at radius 1 is 1.03 bits per heavy atom. The molecule has 1 atom stereocenters. The molecule has 1 N–H and O–H groups in total. The molecule has 0 fully saturated rings. The normalized spacial score (nSPS) is 12.3. The quantitative estimate of drug-likeness (QED) is 0.340. The SMILES string of the molecule is CCC(C(=O)NCC(C)C)N(CCc1ccccc1)C(=O)CCCN(c1cc(Cl)ccc1Cl)S(C)(=O)=O. The van der Waals surface area contributed by atoms with Gasteiger partial charge in [-0.15, -0.1) is 0 Å². The van der Waals surface area contributed by atoms with E-state index < -0.39 is 16.1 Å². The highest BCUT2D eigenvalue weighted by molar-refractivity contribution is 7.92. The number of hydrogen-bond donors (Lipinski definition) is 1. The van der Waals surface area contributed by atoms with Crippen LogP contribution in [-0.4, -0.2) is 57.1 Å². The summed E-state index contributed by atoms with van der Waals surface area (Å²) in [4.78, 5) is 28.0. The molecule has 0 aromatic heterocycles. The van der Waals surface area contributed by atoms with Gasteiger partial charge in [-0.1, -0.05) is 74.3 Å². The molecule has 0 aliphatic rings. The van der Waals surface area contributed by atoms with Gasteiger partial charge >= 0.3 is 0 Å². The summed E-state index contributed by atoms with van der Waals surface area (Å²) in [5.41, 5.74) is 1.33. The zero-order chi connectivity index (χ0) is 27.6. The van der Waals surface area contributed by atoms with E-state index in [0.717, 1.165) is 16.1 Å². The number of carbonyl (C=O) groups excluding carboxylic acids is 2. The number of hydrogen-bond acceptors (Lipinski definition) is 4. The maximum absolute atomic E-state index is 13.4. The van der Waals surface area contributed by atoms with E-state index in [1.807, 2.05) is 51.1 Å². The van der Waals surface area contributed by atoms with Gasteiger partial charge in [0.05, 0.1) is 17.0 Å². The van der Waals surface area contributed by atoms with Crippen LogP contribution < -0.4 is 9.62 Å². The van der Waals surface area contributed by atoms with E-state index >= 15 is 0 Å². The topological polar surface area (TPSA) is 86.8 Å². The lowest BCUT2D eigenvalue weighted by atomic mass is 10.1. The molecule has 1 unspecified atom stereocenters. The second kappa shape index (κ2) is 14.6. The lowest BCUT2D eigenvalue weighted by Gasteiger charge is -2.31. The van der Waals surface area contributed by atoms with Crippen LogP contribution in [0.15, 0.2) is 48.5 Å². The summed E-state index contributed by atoms with van der Waals surface area (Å²) in [5.74, 6) is -0.0931. The third-order valence-corrected chi connectivity index (χ3v) is 7.62. The smallest absolute Gasteiger partial charge is 0.242 e. The average molecular weight is 571 g/mol. The molecule has 0 heterocycles. The molecular weight excluding hydrogens is 533 g/mol.